The third kappa shape index (κ3) is 6.64. The summed E-state index contributed by atoms with van der Waals surface area (Å²) in [7, 11) is 1.73. The van der Waals surface area contributed by atoms with Crippen LogP contribution in [0.5, 0.6) is 0 Å². The van der Waals surface area contributed by atoms with Gasteiger partial charge in [0.15, 0.2) is 0 Å². The molecule has 6 nitrogen and oxygen atoms in total. The molecule has 0 spiro atoms. The van der Waals surface area contributed by atoms with Crippen LogP contribution < -0.4 is 15.1 Å². The first kappa shape index (κ1) is 27.2. The van der Waals surface area contributed by atoms with E-state index in [1.807, 2.05) is 42.5 Å². The lowest BCUT2D eigenvalue weighted by molar-refractivity contribution is -0.114. The molecule has 3 aromatic carbocycles. The Labute approximate surface area is 237 Å². The van der Waals surface area contributed by atoms with Crippen LogP contribution in [0.15, 0.2) is 76.5 Å². The van der Waals surface area contributed by atoms with Crippen molar-refractivity contribution in [1.82, 2.24) is 10.2 Å². The molecule has 0 aliphatic carbocycles. The maximum Gasteiger partial charge on any atom is 0.264 e. The Morgan fingerprint density at radius 3 is 2.56 bits per heavy atom. The number of hydrogen-bond donors (Lipinski definition) is 1. The van der Waals surface area contributed by atoms with Gasteiger partial charge in [0.2, 0.25) is 0 Å². The molecule has 2 amide bonds. The fourth-order valence-corrected chi connectivity index (χ4v) is 6.06. The number of amides is 2. The summed E-state index contributed by atoms with van der Waals surface area (Å²) >= 11 is 7.48. The molecule has 5 rings (SSSR count). The molecular formula is C30H30ClFN4O2S. The van der Waals surface area contributed by atoms with E-state index in [-0.39, 0.29) is 17.6 Å². The standard InChI is InChI=1S/C30H30ClFN4O2S/c1-34-26-20-22(6-11-27(26)39-28(30(34)38)19-21-4-2-5-23(31)18-21)29(37)33-12-3-13-35-14-16-36(17-15-35)25-9-7-24(32)8-10-25/h2,4-11,18-20H,3,12-17H2,1H3,(H,33,37). The van der Waals surface area contributed by atoms with Crippen molar-refractivity contribution in [3.63, 3.8) is 0 Å². The van der Waals surface area contributed by atoms with Gasteiger partial charge in [-0.1, -0.05) is 35.5 Å². The van der Waals surface area contributed by atoms with E-state index in [0.717, 1.165) is 61.0 Å². The lowest BCUT2D eigenvalue weighted by atomic mass is 10.1. The molecule has 1 N–H and O–H groups in total. The Kier molecular flexibility index (Phi) is 8.55. The normalized spacial score (nSPS) is 16.9. The highest BCUT2D eigenvalue weighted by atomic mass is 35.5. The molecule has 2 aliphatic heterocycles. The highest BCUT2D eigenvalue weighted by Crippen LogP contribution is 2.42. The van der Waals surface area contributed by atoms with Crippen molar-refractivity contribution in [2.24, 2.45) is 0 Å². The highest BCUT2D eigenvalue weighted by molar-refractivity contribution is 8.04. The van der Waals surface area contributed by atoms with Crippen LogP contribution in [0.25, 0.3) is 6.08 Å². The Balaban J connectivity index is 1.11. The quantitative estimate of drug-likeness (QED) is 0.302. The summed E-state index contributed by atoms with van der Waals surface area (Å²) in [6, 6.07) is 19.5. The molecule has 0 radical (unpaired) electrons. The van der Waals surface area contributed by atoms with Crippen LogP contribution >= 0.6 is 23.4 Å². The van der Waals surface area contributed by atoms with E-state index >= 15 is 0 Å². The van der Waals surface area contributed by atoms with E-state index in [1.165, 1.54) is 23.9 Å². The first-order chi connectivity index (χ1) is 18.9. The van der Waals surface area contributed by atoms with Crippen LogP contribution in [-0.4, -0.2) is 63.0 Å². The Bertz CT molecular complexity index is 1390. The molecular weight excluding hydrogens is 535 g/mol. The van der Waals surface area contributed by atoms with E-state index < -0.39 is 0 Å². The van der Waals surface area contributed by atoms with E-state index in [1.54, 1.807) is 30.1 Å². The smallest absolute Gasteiger partial charge is 0.264 e. The molecule has 2 heterocycles. The maximum absolute atomic E-state index is 13.2. The first-order valence-electron chi connectivity index (χ1n) is 13.0. The lowest BCUT2D eigenvalue weighted by Crippen LogP contribution is -2.47. The van der Waals surface area contributed by atoms with Gasteiger partial charge in [0.1, 0.15) is 5.82 Å². The van der Waals surface area contributed by atoms with Gasteiger partial charge < -0.3 is 15.1 Å². The molecule has 0 unspecified atom stereocenters. The van der Waals surface area contributed by atoms with Crippen molar-refractivity contribution in [3.05, 3.63) is 93.6 Å². The summed E-state index contributed by atoms with van der Waals surface area (Å²) in [5.74, 6) is -0.486. The number of fused-ring (bicyclic) bond motifs is 1. The van der Waals surface area contributed by atoms with E-state index in [4.69, 9.17) is 11.6 Å². The molecule has 202 valence electrons. The number of nitrogens with zero attached hydrogens (tertiary/aromatic N) is 3. The molecule has 1 saturated heterocycles. The topological polar surface area (TPSA) is 55.9 Å². The summed E-state index contributed by atoms with van der Waals surface area (Å²) in [4.78, 5) is 33.6. The number of piperazine rings is 1. The predicted molar refractivity (Wildman–Crippen MR) is 157 cm³/mol. The summed E-state index contributed by atoms with van der Waals surface area (Å²) in [6.45, 7) is 5.13. The minimum Gasteiger partial charge on any atom is -0.369 e. The van der Waals surface area contributed by atoms with Crippen molar-refractivity contribution in [2.75, 3.05) is 56.1 Å². The molecule has 2 aliphatic rings. The monoisotopic (exact) mass is 564 g/mol. The first-order valence-corrected chi connectivity index (χ1v) is 14.1. The fourth-order valence-electron chi connectivity index (χ4n) is 4.77. The van der Waals surface area contributed by atoms with Crippen molar-refractivity contribution >= 4 is 52.6 Å². The summed E-state index contributed by atoms with van der Waals surface area (Å²) in [5.41, 5.74) is 3.16. The minimum absolute atomic E-state index is 0.121. The number of carbonyl (C=O) groups is 2. The molecule has 0 aromatic heterocycles. The number of likely N-dealkylation sites (N-methyl/N-ethyl adjacent to an activating group) is 1. The number of halogens is 2. The van der Waals surface area contributed by atoms with E-state index in [2.05, 4.69) is 15.1 Å². The Hall–Kier alpha value is -3.33. The van der Waals surface area contributed by atoms with Gasteiger partial charge in [0.25, 0.3) is 11.8 Å². The Morgan fingerprint density at radius 2 is 1.82 bits per heavy atom. The second-order valence-electron chi connectivity index (χ2n) is 9.63. The van der Waals surface area contributed by atoms with Crippen molar-refractivity contribution in [1.29, 1.82) is 0 Å². The van der Waals surface area contributed by atoms with Gasteiger partial charge in [-0.3, -0.25) is 14.5 Å². The van der Waals surface area contributed by atoms with Gasteiger partial charge in [-0.05, 0) is 79.2 Å². The van der Waals surface area contributed by atoms with E-state index in [0.29, 0.717) is 22.0 Å². The number of anilines is 2. The predicted octanol–water partition coefficient (Wildman–Crippen LogP) is 5.53. The van der Waals surface area contributed by atoms with Crippen molar-refractivity contribution in [2.45, 2.75) is 11.3 Å². The number of nitrogens with one attached hydrogen (secondary N) is 1. The fraction of sp³-hybridized carbons (Fsp3) is 0.267. The second-order valence-corrected chi connectivity index (χ2v) is 11.1. The SMILES string of the molecule is CN1C(=O)C(=Cc2cccc(Cl)c2)Sc2ccc(C(=O)NCCCN3CCN(c4ccc(F)cc4)CC3)cc21. The van der Waals surface area contributed by atoms with E-state index in [9.17, 15) is 14.0 Å². The average Bonchev–Trinajstić information content (AvgIpc) is 2.94. The van der Waals surface area contributed by atoms with Crippen LogP contribution in [0.2, 0.25) is 5.02 Å². The van der Waals surface area contributed by atoms with Gasteiger partial charge in [0, 0.05) is 60.9 Å². The molecule has 39 heavy (non-hydrogen) atoms. The zero-order valence-corrected chi connectivity index (χ0v) is 23.3. The third-order valence-electron chi connectivity index (χ3n) is 6.96. The number of hydrogen-bond acceptors (Lipinski definition) is 5. The molecule has 3 aromatic rings. The highest BCUT2D eigenvalue weighted by Gasteiger charge is 2.27. The maximum atomic E-state index is 13.2. The van der Waals surface area contributed by atoms with Crippen LogP contribution in [0.3, 0.4) is 0 Å². The third-order valence-corrected chi connectivity index (χ3v) is 8.28. The molecule has 0 bridgehead atoms. The van der Waals surface area contributed by atoms with Crippen molar-refractivity contribution < 1.29 is 14.0 Å². The largest absolute Gasteiger partial charge is 0.369 e. The lowest BCUT2D eigenvalue weighted by Gasteiger charge is -2.36. The molecule has 0 atom stereocenters. The number of thioether (sulfide) groups is 1. The number of carbonyl (C=O) groups excluding carboxylic acids is 2. The van der Waals surface area contributed by atoms with Gasteiger partial charge in [-0.15, -0.1) is 0 Å². The van der Waals surface area contributed by atoms with Gasteiger partial charge in [0.05, 0.1) is 10.6 Å². The molecule has 0 saturated carbocycles. The molecule has 1 fully saturated rings. The number of rotatable bonds is 7. The number of benzene rings is 3. The van der Waals surface area contributed by atoms with Crippen LogP contribution in [0, 0.1) is 5.82 Å². The summed E-state index contributed by atoms with van der Waals surface area (Å²) in [5, 5.41) is 3.63. The average molecular weight is 565 g/mol. The van der Waals surface area contributed by atoms with Gasteiger partial charge in [-0.2, -0.15) is 0 Å². The second kappa shape index (κ2) is 12.2. The zero-order chi connectivity index (χ0) is 27.4. The zero-order valence-electron chi connectivity index (χ0n) is 21.7. The van der Waals surface area contributed by atoms with Gasteiger partial charge >= 0.3 is 0 Å². The summed E-state index contributed by atoms with van der Waals surface area (Å²) < 4.78 is 13.2. The van der Waals surface area contributed by atoms with Crippen LogP contribution in [0.4, 0.5) is 15.8 Å². The molecule has 9 heteroatoms. The summed E-state index contributed by atoms with van der Waals surface area (Å²) in [6.07, 6.45) is 2.68. The Morgan fingerprint density at radius 1 is 1.05 bits per heavy atom. The van der Waals surface area contributed by atoms with Crippen molar-refractivity contribution in [3.8, 4) is 0 Å². The van der Waals surface area contributed by atoms with Gasteiger partial charge in [-0.25, -0.2) is 4.39 Å². The van der Waals surface area contributed by atoms with Crippen LogP contribution in [-0.2, 0) is 4.79 Å². The minimum atomic E-state index is -0.217. The van der Waals surface area contributed by atoms with Crippen LogP contribution in [0.1, 0.15) is 22.3 Å².